The summed E-state index contributed by atoms with van der Waals surface area (Å²) in [6.45, 7) is 3.20. The molecule has 0 aliphatic carbocycles. The summed E-state index contributed by atoms with van der Waals surface area (Å²) >= 11 is 0. The molecular weight excluding hydrogens is 438 g/mol. The Hall–Kier alpha value is -2.82. The summed E-state index contributed by atoms with van der Waals surface area (Å²) in [5.74, 6) is -1.16. The van der Waals surface area contributed by atoms with Crippen molar-refractivity contribution in [2.45, 2.75) is 96.8 Å². The van der Waals surface area contributed by atoms with Gasteiger partial charge < -0.3 is 15.2 Å². The Morgan fingerprint density at radius 3 is 1.60 bits per heavy atom. The Morgan fingerprint density at radius 2 is 1.11 bits per heavy atom. The molecule has 0 heterocycles. The number of carbonyl (C=O) groups is 2. The van der Waals surface area contributed by atoms with E-state index in [1.807, 2.05) is 12.1 Å². The van der Waals surface area contributed by atoms with Crippen molar-refractivity contribution in [1.29, 1.82) is 0 Å². The highest BCUT2D eigenvalue weighted by atomic mass is 16.5. The van der Waals surface area contributed by atoms with Crippen LogP contribution < -0.4 is 10.1 Å². The lowest BCUT2D eigenvalue weighted by atomic mass is 10.0. The zero-order valence-electron chi connectivity index (χ0n) is 21.4. The molecule has 0 bridgehead atoms. The molecule has 0 spiro atoms. The largest absolute Gasteiger partial charge is 0.478 e. The lowest BCUT2D eigenvalue weighted by Gasteiger charge is -2.08. The number of hydrogen-bond acceptors (Lipinski definition) is 4. The first kappa shape index (κ1) is 28.4. The maximum Gasteiger partial charge on any atom is 0.343 e. The third-order valence-electron chi connectivity index (χ3n) is 6.29. The SMILES string of the molecule is CCCCCCCCCCCCCCCCNc1ccc(C(=O)Oc2ccc(C(=O)O)cc2)cc1. The number of hydrogen-bond donors (Lipinski definition) is 2. The van der Waals surface area contributed by atoms with Gasteiger partial charge >= 0.3 is 11.9 Å². The number of benzene rings is 2. The molecule has 0 aromatic heterocycles. The maximum atomic E-state index is 12.3. The molecule has 0 aliphatic rings. The Morgan fingerprint density at radius 1 is 0.657 bits per heavy atom. The lowest BCUT2D eigenvalue weighted by molar-refractivity contribution is 0.0696. The maximum absolute atomic E-state index is 12.3. The standard InChI is InChI=1S/C30H43NO4/c1-2-3-4-5-6-7-8-9-10-11-12-13-14-15-24-31-27-20-16-26(17-21-27)30(34)35-28-22-18-25(19-23-28)29(32)33/h16-23,31H,2-15,24H2,1H3,(H,32,33). The van der Waals surface area contributed by atoms with E-state index in [2.05, 4.69) is 12.2 Å². The van der Waals surface area contributed by atoms with E-state index in [1.54, 1.807) is 12.1 Å². The summed E-state index contributed by atoms with van der Waals surface area (Å²) in [5, 5.41) is 12.3. The van der Waals surface area contributed by atoms with E-state index in [4.69, 9.17) is 9.84 Å². The number of anilines is 1. The zero-order chi connectivity index (χ0) is 25.1. The van der Waals surface area contributed by atoms with Gasteiger partial charge in [0.05, 0.1) is 11.1 Å². The Labute approximate surface area is 211 Å². The molecule has 0 radical (unpaired) electrons. The minimum atomic E-state index is -1.01. The molecule has 2 aromatic carbocycles. The van der Waals surface area contributed by atoms with Crippen LogP contribution in [0.25, 0.3) is 0 Å². The summed E-state index contributed by atoms with van der Waals surface area (Å²) in [5.41, 5.74) is 1.59. The molecule has 192 valence electrons. The third-order valence-corrected chi connectivity index (χ3v) is 6.29. The van der Waals surface area contributed by atoms with E-state index in [1.165, 1.54) is 108 Å². The molecule has 2 N–H and O–H groups in total. The third kappa shape index (κ3) is 12.4. The predicted molar refractivity (Wildman–Crippen MR) is 144 cm³/mol. The number of unbranched alkanes of at least 4 members (excludes halogenated alkanes) is 13. The van der Waals surface area contributed by atoms with Crippen molar-refractivity contribution in [3.05, 3.63) is 59.7 Å². The fourth-order valence-corrected chi connectivity index (χ4v) is 4.11. The molecule has 2 aromatic rings. The number of carboxylic acids is 1. The summed E-state index contributed by atoms with van der Waals surface area (Å²) < 4.78 is 5.31. The van der Waals surface area contributed by atoms with Crippen molar-refractivity contribution in [2.75, 3.05) is 11.9 Å². The summed E-state index contributed by atoms with van der Waals surface area (Å²) in [6, 6.07) is 13.0. The second kappa shape index (κ2) is 17.6. The number of esters is 1. The fraction of sp³-hybridized carbons (Fsp3) is 0.533. The fourth-order valence-electron chi connectivity index (χ4n) is 4.11. The summed E-state index contributed by atoms with van der Waals surface area (Å²) in [4.78, 5) is 23.2. The van der Waals surface area contributed by atoms with E-state index >= 15 is 0 Å². The Bertz CT molecular complexity index is 846. The van der Waals surface area contributed by atoms with Crippen LogP contribution >= 0.6 is 0 Å². The average Bonchev–Trinajstić information content (AvgIpc) is 2.87. The summed E-state index contributed by atoms with van der Waals surface area (Å²) in [7, 11) is 0. The van der Waals surface area contributed by atoms with Crippen molar-refractivity contribution < 1.29 is 19.4 Å². The highest BCUT2D eigenvalue weighted by Crippen LogP contribution is 2.17. The lowest BCUT2D eigenvalue weighted by Crippen LogP contribution is -2.09. The Balaban J connectivity index is 1.49. The first-order chi connectivity index (χ1) is 17.1. The second-order valence-electron chi connectivity index (χ2n) is 9.32. The molecule has 0 amide bonds. The molecule has 0 fully saturated rings. The number of rotatable bonds is 19. The highest BCUT2D eigenvalue weighted by Gasteiger charge is 2.09. The smallest absolute Gasteiger partial charge is 0.343 e. The molecule has 0 aliphatic heterocycles. The van der Waals surface area contributed by atoms with Crippen LogP contribution in [0.1, 0.15) is 118 Å². The monoisotopic (exact) mass is 481 g/mol. The van der Waals surface area contributed by atoms with Gasteiger partial charge in [-0.15, -0.1) is 0 Å². The van der Waals surface area contributed by atoms with E-state index < -0.39 is 11.9 Å². The van der Waals surface area contributed by atoms with Gasteiger partial charge in [-0.25, -0.2) is 9.59 Å². The minimum Gasteiger partial charge on any atom is -0.478 e. The quantitative estimate of drug-likeness (QED) is 0.119. The molecule has 5 heteroatoms. The van der Waals surface area contributed by atoms with E-state index in [9.17, 15) is 9.59 Å². The van der Waals surface area contributed by atoms with Crippen LogP contribution in [0.2, 0.25) is 0 Å². The van der Waals surface area contributed by atoms with Crippen LogP contribution in [0.15, 0.2) is 48.5 Å². The van der Waals surface area contributed by atoms with Gasteiger partial charge in [0, 0.05) is 12.2 Å². The van der Waals surface area contributed by atoms with Crippen molar-refractivity contribution in [3.8, 4) is 5.75 Å². The van der Waals surface area contributed by atoms with Crippen LogP contribution in [-0.4, -0.2) is 23.6 Å². The highest BCUT2D eigenvalue weighted by molar-refractivity contribution is 5.92. The molecule has 2 rings (SSSR count). The molecule has 0 saturated carbocycles. The van der Waals surface area contributed by atoms with Crippen molar-refractivity contribution in [1.82, 2.24) is 0 Å². The number of nitrogens with one attached hydrogen (secondary N) is 1. The first-order valence-electron chi connectivity index (χ1n) is 13.5. The van der Waals surface area contributed by atoms with E-state index in [0.29, 0.717) is 11.3 Å². The van der Waals surface area contributed by atoms with Crippen molar-refractivity contribution in [3.63, 3.8) is 0 Å². The normalized spacial score (nSPS) is 10.8. The predicted octanol–water partition coefficient (Wildman–Crippen LogP) is 8.50. The average molecular weight is 482 g/mol. The van der Waals surface area contributed by atoms with Gasteiger partial charge in [-0.2, -0.15) is 0 Å². The van der Waals surface area contributed by atoms with Gasteiger partial charge in [-0.1, -0.05) is 90.4 Å². The first-order valence-corrected chi connectivity index (χ1v) is 13.5. The van der Waals surface area contributed by atoms with Crippen LogP contribution in [0, 0.1) is 0 Å². The van der Waals surface area contributed by atoms with Crippen LogP contribution in [0.3, 0.4) is 0 Å². The summed E-state index contributed by atoms with van der Waals surface area (Å²) in [6.07, 6.45) is 19.0. The van der Waals surface area contributed by atoms with Crippen LogP contribution in [-0.2, 0) is 0 Å². The molecule has 0 saturated heterocycles. The molecule has 0 unspecified atom stereocenters. The molecule has 35 heavy (non-hydrogen) atoms. The molecule has 5 nitrogen and oxygen atoms in total. The zero-order valence-corrected chi connectivity index (χ0v) is 21.4. The van der Waals surface area contributed by atoms with E-state index in [0.717, 1.165) is 18.7 Å². The number of carbonyl (C=O) groups excluding carboxylic acids is 1. The molecular formula is C30H43NO4. The Kier molecular flexibility index (Phi) is 14.3. The minimum absolute atomic E-state index is 0.152. The van der Waals surface area contributed by atoms with Crippen molar-refractivity contribution >= 4 is 17.6 Å². The number of aromatic carboxylic acids is 1. The van der Waals surface area contributed by atoms with Gasteiger partial charge in [-0.05, 0) is 55.0 Å². The van der Waals surface area contributed by atoms with Gasteiger partial charge in [0.1, 0.15) is 5.75 Å². The number of carboxylic acid groups (broad SMARTS) is 1. The van der Waals surface area contributed by atoms with Gasteiger partial charge in [-0.3, -0.25) is 0 Å². The van der Waals surface area contributed by atoms with Crippen molar-refractivity contribution in [2.24, 2.45) is 0 Å². The van der Waals surface area contributed by atoms with Gasteiger partial charge in [0.25, 0.3) is 0 Å². The van der Waals surface area contributed by atoms with Gasteiger partial charge in [0.2, 0.25) is 0 Å². The topological polar surface area (TPSA) is 75.6 Å². The van der Waals surface area contributed by atoms with Crippen LogP contribution in [0.5, 0.6) is 5.75 Å². The second-order valence-corrected chi connectivity index (χ2v) is 9.32. The molecule has 0 atom stereocenters. The van der Waals surface area contributed by atoms with Gasteiger partial charge in [0.15, 0.2) is 0 Å². The van der Waals surface area contributed by atoms with E-state index in [-0.39, 0.29) is 5.56 Å². The number of ether oxygens (including phenoxy) is 1. The van der Waals surface area contributed by atoms with Crippen LogP contribution in [0.4, 0.5) is 5.69 Å².